The van der Waals surface area contributed by atoms with Gasteiger partial charge in [0.15, 0.2) is 0 Å². The lowest BCUT2D eigenvalue weighted by Gasteiger charge is -2.23. The number of benzene rings is 1. The van der Waals surface area contributed by atoms with Crippen LogP contribution >= 0.6 is 0 Å². The van der Waals surface area contributed by atoms with E-state index in [-0.39, 0.29) is 30.0 Å². The van der Waals surface area contributed by atoms with Gasteiger partial charge in [0.05, 0.1) is 18.1 Å². The first-order valence-corrected chi connectivity index (χ1v) is 7.85. The van der Waals surface area contributed by atoms with Crippen molar-refractivity contribution in [3.63, 3.8) is 0 Å². The minimum atomic E-state index is -0.0765. The summed E-state index contributed by atoms with van der Waals surface area (Å²) < 4.78 is 5.78. The summed E-state index contributed by atoms with van der Waals surface area (Å²) in [6.07, 6.45) is 1.14. The smallest absolute Gasteiger partial charge is 0.230 e. The van der Waals surface area contributed by atoms with Crippen LogP contribution in [0, 0.1) is 11.8 Å². The number of hydrogen-bond acceptors (Lipinski definition) is 3. The standard InChI is InChI=1S/C17H24N2O2/c1-10-11(2)21-12(3)16(10)17(20)19-15-6-4-5-13-7-8-18-9-14(13)15/h4-6,10-12,16,18H,7-9H2,1-3H3,(H,19,20). The topological polar surface area (TPSA) is 50.4 Å². The Morgan fingerprint density at radius 3 is 2.81 bits per heavy atom. The summed E-state index contributed by atoms with van der Waals surface area (Å²) in [5.41, 5.74) is 3.51. The minimum absolute atomic E-state index is 0.0207. The number of carbonyl (C=O) groups is 1. The Kier molecular flexibility index (Phi) is 4.00. The Balaban J connectivity index is 1.79. The van der Waals surface area contributed by atoms with E-state index in [1.165, 1.54) is 11.1 Å². The molecule has 2 N–H and O–H groups in total. The Hall–Kier alpha value is -1.39. The molecule has 114 valence electrons. The fourth-order valence-electron chi connectivity index (χ4n) is 3.57. The number of hydrogen-bond donors (Lipinski definition) is 2. The largest absolute Gasteiger partial charge is 0.374 e. The molecule has 2 aliphatic rings. The van der Waals surface area contributed by atoms with Crippen LogP contribution in [0.1, 0.15) is 31.9 Å². The lowest BCUT2D eigenvalue weighted by atomic mass is 9.88. The first kappa shape index (κ1) is 14.5. The zero-order valence-corrected chi connectivity index (χ0v) is 13.0. The van der Waals surface area contributed by atoms with Crippen molar-refractivity contribution in [2.75, 3.05) is 11.9 Å². The van der Waals surface area contributed by atoms with Crippen LogP contribution < -0.4 is 10.6 Å². The summed E-state index contributed by atoms with van der Waals surface area (Å²) in [5.74, 6) is 0.253. The molecule has 4 nitrogen and oxygen atoms in total. The number of anilines is 1. The number of fused-ring (bicyclic) bond motifs is 1. The molecule has 0 radical (unpaired) electrons. The molecule has 2 heterocycles. The Morgan fingerprint density at radius 1 is 1.29 bits per heavy atom. The van der Waals surface area contributed by atoms with E-state index in [2.05, 4.69) is 23.6 Å². The maximum atomic E-state index is 12.7. The van der Waals surface area contributed by atoms with Gasteiger partial charge < -0.3 is 15.4 Å². The van der Waals surface area contributed by atoms with Gasteiger partial charge in [0.25, 0.3) is 0 Å². The predicted octanol–water partition coefficient (Wildman–Crippen LogP) is 2.33. The molecule has 3 rings (SSSR count). The summed E-state index contributed by atoms with van der Waals surface area (Å²) in [5, 5.41) is 6.51. The molecule has 4 heteroatoms. The Morgan fingerprint density at radius 2 is 2.10 bits per heavy atom. The molecule has 4 atom stereocenters. The highest BCUT2D eigenvalue weighted by atomic mass is 16.5. The molecular formula is C17H24N2O2. The van der Waals surface area contributed by atoms with E-state index in [0.717, 1.165) is 25.2 Å². The molecule has 1 aromatic carbocycles. The second-order valence-corrected chi connectivity index (χ2v) is 6.29. The number of rotatable bonds is 2. The third-order valence-electron chi connectivity index (χ3n) is 4.95. The second-order valence-electron chi connectivity index (χ2n) is 6.29. The number of ether oxygens (including phenoxy) is 1. The number of amides is 1. The van der Waals surface area contributed by atoms with Gasteiger partial charge in [-0.2, -0.15) is 0 Å². The molecule has 0 spiro atoms. The van der Waals surface area contributed by atoms with Crippen molar-refractivity contribution in [1.29, 1.82) is 0 Å². The monoisotopic (exact) mass is 288 g/mol. The highest BCUT2D eigenvalue weighted by Crippen LogP contribution is 2.33. The van der Waals surface area contributed by atoms with E-state index < -0.39 is 0 Å². The van der Waals surface area contributed by atoms with Gasteiger partial charge in [0, 0.05) is 12.2 Å². The van der Waals surface area contributed by atoms with Gasteiger partial charge in [0.1, 0.15) is 0 Å². The fraction of sp³-hybridized carbons (Fsp3) is 0.588. The van der Waals surface area contributed by atoms with Gasteiger partial charge in [-0.05, 0) is 49.9 Å². The molecule has 1 fully saturated rings. The summed E-state index contributed by atoms with van der Waals surface area (Å²) in [6, 6.07) is 6.18. The number of nitrogens with one attached hydrogen (secondary N) is 2. The quantitative estimate of drug-likeness (QED) is 0.878. The first-order chi connectivity index (χ1) is 10.1. The Bertz CT molecular complexity index is 544. The average Bonchev–Trinajstić information content (AvgIpc) is 2.72. The molecule has 0 bridgehead atoms. The molecule has 1 saturated heterocycles. The van der Waals surface area contributed by atoms with E-state index in [1.54, 1.807) is 0 Å². The van der Waals surface area contributed by atoms with E-state index in [4.69, 9.17) is 4.74 Å². The third-order valence-corrected chi connectivity index (χ3v) is 4.95. The van der Waals surface area contributed by atoms with E-state index >= 15 is 0 Å². The van der Waals surface area contributed by atoms with Crippen molar-refractivity contribution < 1.29 is 9.53 Å². The van der Waals surface area contributed by atoms with Crippen LogP contribution in [0.3, 0.4) is 0 Å². The van der Waals surface area contributed by atoms with Crippen molar-refractivity contribution in [2.24, 2.45) is 11.8 Å². The van der Waals surface area contributed by atoms with Crippen LogP contribution in [0.4, 0.5) is 5.69 Å². The molecule has 0 aliphatic carbocycles. The fourth-order valence-corrected chi connectivity index (χ4v) is 3.57. The zero-order chi connectivity index (χ0) is 15.0. The van der Waals surface area contributed by atoms with Crippen molar-refractivity contribution in [3.05, 3.63) is 29.3 Å². The molecule has 0 aromatic heterocycles. The average molecular weight is 288 g/mol. The molecule has 0 saturated carbocycles. The highest BCUT2D eigenvalue weighted by molar-refractivity contribution is 5.94. The van der Waals surface area contributed by atoms with Crippen LogP contribution in [0.15, 0.2) is 18.2 Å². The molecule has 2 aliphatic heterocycles. The van der Waals surface area contributed by atoms with Gasteiger partial charge in [-0.25, -0.2) is 0 Å². The van der Waals surface area contributed by atoms with Crippen LogP contribution in [0.5, 0.6) is 0 Å². The molecule has 1 aromatic rings. The lowest BCUT2D eigenvalue weighted by molar-refractivity contribution is -0.121. The molecule has 4 unspecified atom stereocenters. The summed E-state index contributed by atoms with van der Waals surface area (Å²) >= 11 is 0. The van der Waals surface area contributed by atoms with E-state index in [9.17, 15) is 4.79 Å². The maximum absolute atomic E-state index is 12.7. The first-order valence-electron chi connectivity index (χ1n) is 7.85. The SMILES string of the molecule is CC1OC(C)C(C(=O)Nc2cccc3c2CNCC3)C1C. The summed E-state index contributed by atoms with van der Waals surface area (Å²) in [4.78, 5) is 12.7. The summed E-state index contributed by atoms with van der Waals surface area (Å²) in [7, 11) is 0. The van der Waals surface area contributed by atoms with Gasteiger partial charge in [-0.15, -0.1) is 0 Å². The van der Waals surface area contributed by atoms with E-state index in [1.807, 2.05) is 26.0 Å². The highest BCUT2D eigenvalue weighted by Gasteiger charge is 2.41. The number of carbonyl (C=O) groups excluding carboxylic acids is 1. The molecule has 21 heavy (non-hydrogen) atoms. The van der Waals surface area contributed by atoms with Gasteiger partial charge in [-0.1, -0.05) is 19.1 Å². The third kappa shape index (κ3) is 2.70. The lowest BCUT2D eigenvalue weighted by Crippen LogP contribution is -2.33. The van der Waals surface area contributed by atoms with Crippen LogP contribution in [-0.2, 0) is 22.5 Å². The summed E-state index contributed by atoms with van der Waals surface area (Å²) in [6.45, 7) is 7.97. The van der Waals surface area contributed by atoms with Crippen molar-refractivity contribution in [1.82, 2.24) is 5.32 Å². The minimum Gasteiger partial charge on any atom is -0.374 e. The maximum Gasteiger partial charge on any atom is 0.230 e. The van der Waals surface area contributed by atoms with Crippen LogP contribution in [0.2, 0.25) is 0 Å². The van der Waals surface area contributed by atoms with Crippen LogP contribution in [0.25, 0.3) is 0 Å². The molecular weight excluding hydrogens is 264 g/mol. The predicted molar refractivity (Wildman–Crippen MR) is 83.1 cm³/mol. The van der Waals surface area contributed by atoms with Gasteiger partial charge in [0.2, 0.25) is 5.91 Å². The normalized spacial score (nSPS) is 31.8. The second kappa shape index (κ2) is 5.78. The van der Waals surface area contributed by atoms with Crippen molar-refractivity contribution >= 4 is 11.6 Å². The van der Waals surface area contributed by atoms with Gasteiger partial charge >= 0.3 is 0 Å². The van der Waals surface area contributed by atoms with E-state index in [0.29, 0.717) is 0 Å². The Labute approximate surface area is 126 Å². The van der Waals surface area contributed by atoms with Crippen molar-refractivity contribution in [2.45, 2.75) is 45.9 Å². The van der Waals surface area contributed by atoms with Crippen molar-refractivity contribution in [3.8, 4) is 0 Å². The van der Waals surface area contributed by atoms with Gasteiger partial charge in [-0.3, -0.25) is 4.79 Å². The molecule has 1 amide bonds. The zero-order valence-electron chi connectivity index (χ0n) is 13.0. The van der Waals surface area contributed by atoms with Crippen LogP contribution in [-0.4, -0.2) is 24.7 Å².